The molecule has 1 spiro atoms. The summed E-state index contributed by atoms with van der Waals surface area (Å²) in [5, 5.41) is 0. The van der Waals surface area contributed by atoms with Gasteiger partial charge in [0, 0.05) is 16.7 Å². The Bertz CT molecular complexity index is 496. The van der Waals surface area contributed by atoms with Crippen LogP contribution in [0.4, 0.5) is 10.1 Å². The zero-order valence-electron chi connectivity index (χ0n) is 9.74. The number of nitrogens with two attached hydrogens (primary N) is 1. The molecule has 1 heterocycles. The Morgan fingerprint density at radius 3 is 2.88 bits per heavy atom. The number of halogens is 1. The van der Waals surface area contributed by atoms with Gasteiger partial charge in [-0.25, -0.2) is 9.38 Å². The summed E-state index contributed by atoms with van der Waals surface area (Å²) in [6, 6.07) is 4.68. The predicted octanol–water partition coefficient (Wildman–Crippen LogP) is 2.46. The zero-order valence-corrected chi connectivity index (χ0v) is 9.74. The van der Waals surface area contributed by atoms with E-state index in [1.54, 1.807) is 12.1 Å². The highest BCUT2D eigenvalue weighted by Crippen LogP contribution is 2.61. The highest BCUT2D eigenvalue weighted by atomic mass is 19.1. The Morgan fingerprint density at radius 1 is 1.41 bits per heavy atom. The maximum absolute atomic E-state index is 14.0. The molecule has 3 nitrogen and oxygen atoms in total. The van der Waals surface area contributed by atoms with E-state index in [4.69, 9.17) is 10.5 Å². The third-order valence-corrected chi connectivity index (χ3v) is 4.15. The summed E-state index contributed by atoms with van der Waals surface area (Å²) >= 11 is 0. The van der Waals surface area contributed by atoms with Crippen LogP contribution in [0.15, 0.2) is 23.2 Å². The van der Waals surface area contributed by atoms with Crippen LogP contribution in [0, 0.1) is 11.2 Å². The second-order valence-electron chi connectivity index (χ2n) is 5.14. The Morgan fingerprint density at radius 2 is 2.18 bits per heavy atom. The van der Waals surface area contributed by atoms with Gasteiger partial charge in [-0.05, 0) is 38.0 Å². The van der Waals surface area contributed by atoms with Gasteiger partial charge in [-0.15, -0.1) is 0 Å². The normalized spacial score (nSPS) is 29.1. The van der Waals surface area contributed by atoms with E-state index in [0.717, 1.165) is 12.8 Å². The second-order valence-corrected chi connectivity index (χ2v) is 5.14. The lowest BCUT2D eigenvalue weighted by molar-refractivity contribution is 0.125. The average Bonchev–Trinajstić information content (AvgIpc) is 3.08. The first kappa shape index (κ1) is 10.6. The summed E-state index contributed by atoms with van der Waals surface area (Å²) in [6.45, 7) is 2.58. The molecule has 0 bridgehead atoms. The lowest BCUT2D eigenvalue weighted by Gasteiger charge is -2.37. The molecule has 0 unspecified atom stereocenters. The molecule has 3 rings (SSSR count). The van der Waals surface area contributed by atoms with Crippen LogP contribution in [-0.4, -0.2) is 13.0 Å². The molecule has 1 saturated carbocycles. The van der Waals surface area contributed by atoms with E-state index in [1.165, 1.54) is 12.5 Å². The van der Waals surface area contributed by atoms with Crippen molar-refractivity contribution in [2.45, 2.75) is 25.3 Å². The molecule has 1 aromatic carbocycles. The quantitative estimate of drug-likeness (QED) is 0.759. The number of hydrogen-bond donors (Lipinski definition) is 1. The topological polar surface area (TPSA) is 47.6 Å². The monoisotopic (exact) mass is 234 g/mol. The molecule has 1 aliphatic heterocycles. The van der Waals surface area contributed by atoms with E-state index in [0.29, 0.717) is 17.9 Å². The van der Waals surface area contributed by atoms with Gasteiger partial charge in [0.15, 0.2) is 6.40 Å². The molecule has 4 heteroatoms. The van der Waals surface area contributed by atoms with E-state index >= 15 is 0 Å². The Kier molecular flexibility index (Phi) is 2.00. The number of benzene rings is 1. The molecule has 2 aliphatic rings. The van der Waals surface area contributed by atoms with Crippen molar-refractivity contribution in [1.82, 2.24) is 0 Å². The van der Waals surface area contributed by atoms with Gasteiger partial charge in [-0.2, -0.15) is 0 Å². The largest absolute Gasteiger partial charge is 0.483 e. The lowest BCUT2D eigenvalue weighted by atomic mass is 9.76. The maximum atomic E-state index is 14.0. The summed E-state index contributed by atoms with van der Waals surface area (Å²) < 4.78 is 19.3. The fraction of sp³-hybridized carbons (Fsp3) is 0.462. The third kappa shape index (κ3) is 1.36. The summed E-state index contributed by atoms with van der Waals surface area (Å²) in [4.78, 5) is 4.41. The van der Waals surface area contributed by atoms with Gasteiger partial charge in [-0.3, -0.25) is 0 Å². The summed E-state index contributed by atoms with van der Waals surface area (Å²) in [6.07, 6.45) is 3.48. The molecular weight excluding hydrogens is 219 g/mol. The highest BCUT2D eigenvalue weighted by Gasteiger charge is 2.60. The van der Waals surface area contributed by atoms with E-state index in [9.17, 15) is 4.39 Å². The molecule has 90 valence electrons. The molecule has 17 heavy (non-hydrogen) atoms. The highest BCUT2D eigenvalue weighted by molar-refractivity contribution is 5.54. The molecular formula is C13H15FN2O. The average molecular weight is 234 g/mol. The number of rotatable bonds is 1. The minimum Gasteiger partial charge on any atom is -0.483 e. The SMILES string of the molecule is C[C@]1(c2cc(N)ccc2F)N=COCC12CC2. The Balaban J connectivity index is 2.15. The van der Waals surface area contributed by atoms with E-state index in [2.05, 4.69) is 4.99 Å². The number of ether oxygens (including phenoxy) is 1. The molecule has 2 N–H and O–H groups in total. The number of nitrogen functional groups attached to an aromatic ring is 1. The molecule has 1 atom stereocenters. The number of aliphatic imine (C=N–C) groups is 1. The number of anilines is 1. The molecule has 0 aromatic heterocycles. The third-order valence-electron chi connectivity index (χ3n) is 4.15. The first-order chi connectivity index (χ1) is 8.07. The van der Waals surface area contributed by atoms with Crippen molar-refractivity contribution in [2.75, 3.05) is 12.3 Å². The minimum absolute atomic E-state index is 0.0453. The first-order valence-corrected chi connectivity index (χ1v) is 5.78. The number of nitrogens with zero attached hydrogens (tertiary/aromatic N) is 1. The van der Waals surface area contributed by atoms with Crippen molar-refractivity contribution in [1.29, 1.82) is 0 Å². The Hall–Kier alpha value is -1.58. The molecule has 1 aliphatic carbocycles. The lowest BCUT2D eigenvalue weighted by Crippen LogP contribution is -2.39. The van der Waals surface area contributed by atoms with E-state index in [1.807, 2.05) is 6.92 Å². The fourth-order valence-corrected chi connectivity index (χ4v) is 2.67. The Labute approximate surface area is 99.5 Å². The summed E-state index contributed by atoms with van der Waals surface area (Å²) in [5.74, 6) is -0.243. The standard InChI is InChI=1S/C13H15FN2O/c1-12(10-6-9(15)2-3-11(10)14)13(4-5-13)7-17-8-16-12/h2-3,6,8H,4-5,7,15H2,1H3/t12-/m1/s1. The van der Waals surface area contributed by atoms with Crippen LogP contribution < -0.4 is 5.73 Å². The summed E-state index contributed by atoms with van der Waals surface area (Å²) in [7, 11) is 0. The number of hydrogen-bond acceptors (Lipinski definition) is 3. The van der Waals surface area contributed by atoms with Gasteiger partial charge in [0.2, 0.25) is 0 Å². The van der Waals surface area contributed by atoms with Gasteiger partial charge in [0.25, 0.3) is 0 Å². The fourth-order valence-electron chi connectivity index (χ4n) is 2.67. The van der Waals surface area contributed by atoms with Crippen LogP contribution >= 0.6 is 0 Å². The van der Waals surface area contributed by atoms with Crippen molar-refractivity contribution in [3.63, 3.8) is 0 Å². The van der Waals surface area contributed by atoms with Crippen molar-refractivity contribution >= 4 is 12.1 Å². The predicted molar refractivity (Wildman–Crippen MR) is 64.3 cm³/mol. The van der Waals surface area contributed by atoms with Crippen LogP contribution in [0.3, 0.4) is 0 Å². The van der Waals surface area contributed by atoms with Gasteiger partial charge >= 0.3 is 0 Å². The van der Waals surface area contributed by atoms with Gasteiger partial charge in [0.05, 0.1) is 12.1 Å². The van der Waals surface area contributed by atoms with Crippen LogP contribution in [-0.2, 0) is 10.3 Å². The molecule has 0 amide bonds. The smallest absolute Gasteiger partial charge is 0.170 e. The van der Waals surface area contributed by atoms with Gasteiger partial charge in [0.1, 0.15) is 5.82 Å². The minimum atomic E-state index is -0.551. The van der Waals surface area contributed by atoms with Crippen LogP contribution in [0.1, 0.15) is 25.3 Å². The van der Waals surface area contributed by atoms with Crippen LogP contribution in [0.2, 0.25) is 0 Å². The summed E-state index contributed by atoms with van der Waals surface area (Å²) in [5.41, 5.74) is 6.30. The molecule has 0 saturated heterocycles. The maximum Gasteiger partial charge on any atom is 0.170 e. The van der Waals surface area contributed by atoms with Gasteiger partial charge < -0.3 is 10.5 Å². The second kappa shape index (κ2) is 3.22. The van der Waals surface area contributed by atoms with Crippen molar-refractivity contribution in [3.05, 3.63) is 29.6 Å². The molecule has 1 fully saturated rings. The molecule has 0 radical (unpaired) electrons. The van der Waals surface area contributed by atoms with E-state index < -0.39 is 5.54 Å². The van der Waals surface area contributed by atoms with Crippen LogP contribution in [0.25, 0.3) is 0 Å². The van der Waals surface area contributed by atoms with Crippen molar-refractivity contribution in [3.8, 4) is 0 Å². The van der Waals surface area contributed by atoms with Crippen molar-refractivity contribution < 1.29 is 9.13 Å². The zero-order chi connectivity index (χ0) is 12.1. The van der Waals surface area contributed by atoms with E-state index in [-0.39, 0.29) is 11.2 Å². The van der Waals surface area contributed by atoms with Crippen molar-refractivity contribution in [2.24, 2.45) is 10.4 Å². The first-order valence-electron chi connectivity index (χ1n) is 5.78. The van der Waals surface area contributed by atoms with Crippen LogP contribution in [0.5, 0.6) is 0 Å². The molecule has 1 aromatic rings. The van der Waals surface area contributed by atoms with Gasteiger partial charge in [-0.1, -0.05) is 0 Å².